The van der Waals surface area contributed by atoms with Crippen molar-refractivity contribution in [2.75, 3.05) is 31.6 Å². The molecule has 1 amide bonds. The SMILES string of the molecule is Cc1cccc(NC(=O)C(C)OC(=O)c2ccc(Cl)c(S(=O)(=O)N3CCOCC3)c2)c1. The Morgan fingerprint density at radius 2 is 1.87 bits per heavy atom. The maximum absolute atomic E-state index is 12.9. The fourth-order valence-corrected chi connectivity index (χ4v) is 4.91. The van der Waals surface area contributed by atoms with E-state index >= 15 is 0 Å². The van der Waals surface area contributed by atoms with Crippen LogP contribution in [-0.4, -0.2) is 57.0 Å². The molecule has 0 aromatic heterocycles. The van der Waals surface area contributed by atoms with Crippen LogP contribution in [0.15, 0.2) is 47.4 Å². The van der Waals surface area contributed by atoms with Crippen LogP contribution in [0, 0.1) is 6.92 Å². The second-order valence-corrected chi connectivity index (χ2v) is 9.38. The third-order valence-electron chi connectivity index (χ3n) is 4.69. The normalized spacial score (nSPS) is 15.8. The van der Waals surface area contributed by atoms with Gasteiger partial charge in [0.2, 0.25) is 10.0 Å². The first kappa shape index (κ1) is 23.2. The number of sulfonamides is 1. The van der Waals surface area contributed by atoms with Crippen molar-refractivity contribution >= 4 is 39.2 Å². The zero-order valence-corrected chi connectivity index (χ0v) is 18.7. The molecule has 2 aromatic rings. The molecule has 2 aromatic carbocycles. The van der Waals surface area contributed by atoms with Gasteiger partial charge in [0.25, 0.3) is 5.91 Å². The minimum absolute atomic E-state index is 0.00622. The smallest absolute Gasteiger partial charge is 0.338 e. The molecule has 1 saturated heterocycles. The number of amides is 1. The van der Waals surface area contributed by atoms with Gasteiger partial charge in [0, 0.05) is 18.8 Å². The largest absolute Gasteiger partial charge is 0.449 e. The van der Waals surface area contributed by atoms with Gasteiger partial charge >= 0.3 is 5.97 Å². The van der Waals surface area contributed by atoms with Crippen LogP contribution in [0.2, 0.25) is 5.02 Å². The zero-order chi connectivity index (χ0) is 22.6. The van der Waals surface area contributed by atoms with Crippen molar-refractivity contribution in [3.8, 4) is 0 Å². The number of aryl methyl sites for hydroxylation is 1. The molecule has 1 aliphatic rings. The van der Waals surface area contributed by atoms with E-state index in [2.05, 4.69) is 5.32 Å². The van der Waals surface area contributed by atoms with Crippen molar-refractivity contribution in [2.45, 2.75) is 24.8 Å². The molecule has 0 radical (unpaired) electrons. The molecule has 0 spiro atoms. The van der Waals surface area contributed by atoms with Crippen LogP contribution in [0.5, 0.6) is 0 Å². The minimum Gasteiger partial charge on any atom is -0.449 e. The molecule has 10 heteroatoms. The lowest BCUT2D eigenvalue weighted by Crippen LogP contribution is -2.40. The number of esters is 1. The fourth-order valence-electron chi connectivity index (χ4n) is 3.00. The van der Waals surface area contributed by atoms with Crippen LogP contribution in [0.25, 0.3) is 0 Å². The van der Waals surface area contributed by atoms with E-state index in [-0.39, 0.29) is 41.8 Å². The average molecular weight is 467 g/mol. The summed E-state index contributed by atoms with van der Waals surface area (Å²) in [4.78, 5) is 24.7. The quantitative estimate of drug-likeness (QED) is 0.657. The highest BCUT2D eigenvalue weighted by atomic mass is 35.5. The van der Waals surface area contributed by atoms with E-state index < -0.39 is 28.0 Å². The van der Waals surface area contributed by atoms with Crippen molar-refractivity contribution in [3.05, 3.63) is 58.6 Å². The summed E-state index contributed by atoms with van der Waals surface area (Å²) in [6.07, 6.45) is -1.09. The summed E-state index contributed by atoms with van der Waals surface area (Å²) in [7, 11) is -3.90. The summed E-state index contributed by atoms with van der Waals surface area (Å²) in [6.45, 7) is 4.29. The Hall–Kier alpha value is -2.46. The Labute approximate surface area is 186 Å². The highest BCUT2D eigenvalue weighted by Gasteiger charge is 2.29. The van der Waals surface area contributed by atoms with Gasteiger partial charge in [0.1, 0.15) is 4.90 Å². The summed E-state index contributed by atoms with van der Waals surface area (Å²) in [5.74, 6) is -1.34. The molecule has 8 nitrogen and oxygen atoms in total. The third kappa shape index (κ3) is 5.62. The molecule has 0 aliphatic carbocycles. The van der Waals surface area contributed by atoms with Crippen molar-refractivity contribution in [3.63, 3.8) is 0 Å². The predicted molar refractivity (Wildman–Crippen MR) is 116 cm³/mol. The molecule has 1 fully saturated rings. The molecule has 1 N–H and O–H groups in total. The number of ether oxygens (including phenoxy) is 2. The number of nitrogens with zero attached hydrogens (tertiary/aromatic N) is 1. The van der Waals surface area contributed by atoms with Crippen molar-refractivity contribution in [2.24, 2.45) is 0 Å². The number of hydrogen-bond acceptors (Lipinski definition) is 6. The molecule has 166 valence electrons. The molecular formula is C21H23ClN2O6S. The van der Waals surface area contributed by atoms with E-state index in [1.54, 1.807) is 18.2 Å². The van der Waals surface area contributed by atoms with Crippen LogP contribution >= 0.6 is 11.6 Å². The molecule has 0 saturated carbocycles. The monoisotopic (exact) mass is 466 g/mol. The third-order valence-corrected chi connectivity index (χ3v) is 7.07. The van der Waals surface area contributed by atoms with Crippen LogP contribution in [0.4, 0.5) is 5.69 Å². The average Bonchev–Trinajstić information content (AvgIpc) is 2.74. The second-order valence-electron chi connectivity index (χ2n) is 7.07. The van der Waals surface area contributed by atoms with Gasteiger partial charge in [-0.05, 0) is 49.7 Å². The molecular weight excluding hydrogens is 444 g/mol. The van der Waals surface area contributed by atoms with Gasteiger partial charge in [0.05, 0.1) is 23.8 Å². The van der Waals surface area contributed by atoms with Crippen LogP contribution < -0.4 is 5.32 Å². The fraction of sp³-hybridized carbons (Fsp3) is 0.333. The van der Waals surface area contributed by atoms with Gasteiger partial charge in [-0.2, -0.15) is 4.31 Å². The lowest BCUT2D eigenvalue weighted by atomic mass is 10.2. The lowest BCUT2D eigenvalue weighted by Gasteiger charge is -2.26. The number of benzene rings is 2. The Balaban J connectivity index is 1.73. The molecule has 1 atom stereocenters. The number of carbonyl (C=O) groups is 2. The molecule has 3 rings (SSSR count). The first-order valence-electron chi connectivity index (χ1n) is 9.64. The number of halogens is 1. The molecule has 1 unspecified atom stereocenters. The van der Waals surface area contributed by atoms with E-state index in [1.807, 2.05) is 13.0 Å². The number of hydrogen-bond donors (Lipinski definition) is 1. The number of morpholine rings is 1. The number of anilines is 1. The van der Waals surface area contributed by atoms with Crippen LogP contribution in [-0.2, 0) is 24.3 Å². The Morgan fingerprint density at radius 1 is 1.16 bits per heavy atom. The van der Waals surface area contributed by atoms with E-state index in [9.17, 15) is 18.0 Å². The highest BCUT2D eigenvalue weighted by Crippen LogP contribution is 2.27. The summed E-state index contributed by atoms with van der Waals surface area (Å²) >= 11 is 6.11. The second kappa shape index (κ2) is 9.78. The minimum atomic E-state index is -3.90. The van der Waals surface area contributed by atoms with Crippen molar-refractivity contribution in [1.29, 1.82) is 0 Å². The van der Waals surface area contributed by atoms with Gasteiger partial charge in [-0.25, -0.2) is 13.2 Å². The zero-order valence-electron chi connectivity index (χ0n) is 17.1. The van der Waals surface area contributed by atoms with E-state index in [0.717, 1.165) is 5.56 Å². The maximum Gasteiger partial charge on any atom is 0.338 e. The Kier molecular flexibility index (Phi) is 7.32. The topological polar surface area (TPSA) is 102 Å². The number of rotatable bonds is 6. The van der Waals surface area contributed by atoms with E-state index in [1.165, 1.54) is 29.4 Å². The van der Waals surface area contributed by atoms with Crippen LogP contribution in [0.3, 0.4) is 0 Å². The first-order chi connectivity index (χ1) is 14.7. The van der Waals surface area contributed by atoms with Gasteiger partial charge in [-0.15, -0.1) is 0 Å². The lowest BCUT2D eigenvalue weighted by molar-refractivity contribution is -0.123. The Bertz CT molecular complexity index is 1080. The standard InChI is InChI=1S/C21H23ClN2O6S/c1-14-4-3-5-17(12-14)23-20(25)15(2)30-21(26)16-6-7-18(22)19(13-16)31(27,28)24-8-10-29-11-9-24/h3-7,12-13,15H,8-11H2,1-2H3,(H,23,25). The number of nitrogens with one attached hydrogen (secondary N) is 1. The van der Waals surface area contributed by atoms with E-state index in [0.29, 0.717) is 5.69 Å². The molecule has 0 bridgehead atoms. The van der Waals surface area contributed by atoms with Gasteiger partial charge < -0.3 is 14.8 Å². The predicted octanol–water partition coefficient (Wildman–Crippen LogP) is 2.85. The maximum atomic E-state index is 12.9. The Morgan fingerprint density at radius 3 is 2.55 bits per heavy atom. The van der Waals surface area contributed by atoms with Crippen LogP contribution in [0.1, 0.15) is 22.8 Å². The van der Waals surface area contributed by atoms with Gasteiger partial charge in [-0.3, -0.25) is 4.79 Å². The number of carbonyl (C=O) groups excluding carboxylic acids is 2. The molecule has 31 heavy (non-hydrogen) atoms. The van der Waals surface area contributed by atoms with Gasteiger partial charge in [0.15, 0.2) is 6.10 Å². The first-order valence-corrected chi connectivity index (χ1v) is 11.5. The summed E-state index contributed by atoms with van der Waals surface area (Å²) < 4.78 is 37.5. The highest BCUT2D eigenvalue weighted by molar-refractivity contribution is 7.89. The summed E-state index contributed by atoms with van der Waals surface area (Å²) in [5.41, 5.74) is 1.53. The van der Waals surface area contributed by atoms with Gasteiger partial charge in [-0.1, -0.05) is 23.7 Å². The van der Waals surface area contributed by atoms with Crippen molar-refractivity contribution in [1.82, 2.24) is 4.31 Å². The molecule has 1 heterocycles. The summed E-state index contributed by atoms with van der Waals surface area (Å²) in [6, 6.07) is 11.0. The summed E-state index contributed by atoms with van der Waals surface area (Å²) in [5, 5.41) is 2.67. The van der Waals surface area contributed by atoms with Crippen molar-refractivity contribution < 1.29 is 27.5 Å². The molecule has 1 aliphatic heterocycles. The van der Waals surface area contributed by atoms with E-state index in [4.69, 9.17) is 21.1 Å².